The first-order valence-corrected chi connectivity index (χ1v) is 11.7. The molecular weight excluding hydrogens is 442 g/mol. The fraction of sp³-hybridized carbons (Fsp3) is 0.167. The van der Waals surface area contributed by atoms with Crippen LogP contribution in [0.5, 0.6) is 0 Å². The molecule has 0 aliphatic carbocycles. The zero-order valence-electron chi connectivity index (χ0n) is 17.5. The molecule has 1 aliphatic rings. The van der Waals surface area contributed by atoms with Crippen LogP contribution in [0.25, 0.3) is 0 Å². The highest BCUT2D eigenvalue weighted by atomic mass is 32.2. The second-order valence-electron chi connectivity index (χ2n) is 6.86. The molecule has 1 amide bonds. The second kappa shape index (κ2) is 9.47. The lowest BCUT2D eigenvalue weighted by Gasteiger charge is -2.31. The molecule has 4 rings (SSSR count). The molecular formula is C24H19N3O3S2. The number of carbonyl (C=O) groups excluding carboxylic acids is 2. The Morgan fingerprint density at radius 2 is 1.75 bits per heavy atom. The molecule has 1 aliphatic heterocycles. The van der Waals surface area contributed by atoms with E-state index in [1.54, 1.807) is 30.5 Å². The molecule has 0 saturated heterocycles. The van der Waals surface area contributed by atoms with Crippen LogP contribution in [-0.2, 0) is 9.53 Å². The summed E-state index contributed by atoms with van der Waals surface area (Å²) >= 11 is 2.82. The highest BCUT2D eigenvalue weighted by molar-refractivity contribution is 8.00. The van der Waals surface area contributed by atoms with Crippen LogP contribution in [0.4, 0.5) is 11.4 Å². The molecule has 0 atom stereocenters. The van der Waals surface area contributed by atoms with Gasteiger partial charge in [-0.3, -0.25) is 9.69 Å². The summed E-state index contributed by atoms with van der Waals surface area (Å²) in [5.74, 6) is -0.540. The van der Waals surface area contributed by atoms with Crippen LogP contribution in [0.3, 0.4) is 0 Å². The Kier molecular flexibility index (Phi) is 6.49. The molecule has 0 saturated carbocycles. The van der Waals surface area contributed by atoms with Gasteiger partial charge in [-0.05, 0) is 44.2 Å². The van der Waals surface area contributed by atoms with Crippen molar-refractivity contribution in [2.45, 2.75) is 28.7 Å². The molecule has 1 aromatic heterocycles. The van der Waals surface area contributed by atoms with Gasteiger partial charge in [0, 0.05) is 9.79 Å². The average Bonchev–Trinajstić information content (AvgIpc) is 2.81. The average molecular weight is 462 g/mol. The minimum atomic E-state index is -0.513. The monoisotopic (exact) mass is 461 g/mol. The van der Waals surface area contributed by atoms with E-state index in [1.807, 2.05) is 48.5 Å². The van der Waals surface area contributed by atoms with Gasteiger partial charge >= 0.3 is 5.97 Å². The van der Waals surface area contributed by atoms with Crippen molar-refractivity contribution in [1.82, 2.24) is 4.98 Å². The number of fused-ring (bicyclic) bond motifs is 2. The van der Waals surface area contributed by atoms with E-state index in [9.17, 15) is 14.9 Å². The Bertz CT molecular complexity index is 1210. The summed E-state index contributed by atoms with van der Waals surface area (Å²) in [6.45, 7) is 3.65. The minimum absolute atomic E-state index is 0.0905. The van der Waals surface area contributed by atoms with Crippen LogP contribution < -0.4 is 4.90 Å². The quantitative estimate of drug-likeness (QED) is 0.374. The summed E-state index contributed by atoms with van der Waals surface area (Å²) in [5, 5.41) is 9.98. The van der Waals surface area contributed by atoms with Gasteiger partial charge in [-0.15, -0.1) is 0 Å². The Morgan fingerprint density at radius 3 is 2.34 bits per heavy atom. The molecule has 0 N–H and O–H groups in total. The molecule has 2 aromatic carbocycles. The zero-order chi connectivity index (χ0) is 22.7. The Morgan fingerprint density at radius 1 is 1.12 bits per heavy atom. The first-order valence-electron chi connectivity index (χ1n) is 9.94. The Hall–Kier alpha value is -3.28. The molecule has 3 aromatic rings. The summed E-state index contributed by atoms with van der Waals surface area (Å²) in [5.41, 5.74) is 2.64. The number of esters is 1. The summed E-state index contributed by atoms with van der Waals surface area (Å²) in [4.78, 5) is 33.6. The maximum atomic E-state index is 13.4. The summed E-state index contributed by atoms with van der Waals surface area (Å²) in [6.07, 6.45) is 0. The maximum Gasteiger partial charge on any atom is 0.340 e. The normalized spacial score (nSPS) is 11.8. The number of nitriles is 1. The highest BCUT2D eigenvalue weighted by Crippen LogP contribution is 2.48. The number of hydrogen-bond donors (Lipinski definition) is 0. The largest absolute Gasteiger partial charge is 0.462 e. The second-order valence-corrected chi connectivity index (χ2v) is 8.91. The highest BCUT2D eigenvalue weighted by Gasteiger charge is 2.28. The van der Waals surface area contributed by atoms with E-state index < -0.39 is 5.97 Å². The fourth-order valence-electron chi connectivity index (χ4n) is 3.36. The summed E-state index contributed by atoms with van der Waals surface area (Å²) in [6, 6.07) is 19.1. The number of amides is 1. The molecule has 0 spiro atoms. The van der Waals surface area contributed by atoms with Gasteiger partial charge in [-0.2, -0.15) is 5.26 Å². The van der Waals surface area contributed by atoms with Crippen LogP contribution in [0, 0.1) is 18.3 Å². The van der Waals surface area contributed by atoms with Crippen molar-refractivity contribution in [1.29, 1.82) is 5.26 Å². The number of rotatable bonds is 5. The fourth-order valence-corrected chi connectivity index (χ4v) is 5.27. The number of nitrogens with zero attached hydrogens (tertiary/aromatic N) is 3. The first kappa shape index (κ1) is 21.9. The first-order chi connectivity index (χ1) is 15.5. The number of anilines is 2. The van der Waals surface area contributed by atoms with Gasteiger partial charge in [0.1, 0.15) is 11.1 Å². The van der Waals surface area contributed by atoms with Crippen LogP contribution in [0.1, 0.15) is 28.5 Å². The summed E-state index contributed by atoms with van der Waals surface area (Å²) < 4.78 is 5.03. The lowest BCUT2D eigenvalue weighted by atomic mass is 10.1. The molecule has 160 valence electrons. The number of benzene rings is 2. The van der Waals surface area contributed by atoms with E-state index in [0.29, 0.717) is 10.7 Å². The van der Waals surface area contributed by atoms with Crippen molar-refractivity contribution >= 4 is 46.8 Å². The van der Waals surface area contributed by atoms with E-state index >= 15 is 0 Å². The van der Waals surface area contributed by atoms with E-state index in [2.05, 4.69) is 11.1 Å². The number of pyridine rings is 1. The van der Waals surface area contributed by atoms with Crippen LogP contribution in [-0.4, -0.2) is 29.2 Å². The van der Waals surface area contributed by atoms with Gasteiger partial charge in [0.15, 0.2) is 0 Å². The third kappa shape index (κ3) is 4.22. The molecule has 32 heavy (non-hydrogen) atoms. The van der Waals surface area contributed by atoms with Crippen molar-refractivity contribution in [2.24, 2.45) is 0 Å². The number of aromatic nitrogens is 1. The van der Waals surface area contributed by atoms with Crippen molar-refractivity contribution < 1.29 is 14.3 Å². The molecule has 6 nitrogen and oxygen atoms in total. The Balaban J connectivity index is 1.61. The Labute approximate surface area is 194 Å². The van der Waals surface area contributed by atoms with Gasteiger partial charge in [0.05, 0.1) is 40.6 Å². The van der Waals surface area contributed by atoms with Gasteiger partial charge in [0.2, 0.25) is 5.91 Å². The van der Waals surface area contributed by atoms with Gasteiger partial charge < -0.3 is 4.74 Å². The van der Waals surface area contributed by atoms with Crippen LogP contribution in [0.2, 0.25) is 0 Å². The van der Waals surface area contributed by atoms with Gasteiger partial charge in [0.25, 0.3) is 0 Å². The van der Waals surface area contributed by atoms with Crippen molar-refractivity contribution in [3.8, 4) is 6.07 Å². The van der Waals surface area contributed by atoms with Gasteiger partial charge in [-0.25, -0.2) is 9.78 Å². The third-order valence-corrected chi connectivity index (χ3v) is 6.91. The van der Waals surface area contributed by atoms with Crippen molar-refractivity contribution in [3.05, 3.63) is 71.4 Å². The van der Waals surface area contributed by atoms with E-state index in [0.717, 1.165) is 21.2 Å². The molecule has 0 unspecified atom stereocenters. The number of para-hydroxylation sites is 2. The predicted molar refractivity (Wildman–Crippen MR) is 125 cm³/mol. The van der Waals surface area contributed by atoms with Crippen molar-refractivity contribution in [2.75, 3.05) is 17.3 Å². The minimum Gasteiger partial charge on any atom is -0.462 e. The van der Waals surface area contributed by atoms with E-state index in [4.69, 9.17) is 4.74 Å². The number of aryl methyl sites for hydroxylation is 1. The maximum absolute atomic E-state index is 13.4. The molecule has 8 heteroatoms. The number of ether oxygens (including phenoxy) is 1. The lowest BCUT2D eigenvalue weighted by molar-refractivity contribution is -0.115. The number of thioether (sulfide) groups is 1. The third-order valence-electron chi connectivity index (χ3n) is 4.81. The van der Waals surface area contributed by atoms with Crippen LogP contribution >= 0.6 is 23.5 Å². The summed E-state index contributed by atoms with van der Waals surface area (Å²) in [7, 11) is 0. The SMILES string of the molecule is CCOC(=O)c1cc(C#N)c(SCC(=O)N2c3ccccc3Sc3ccccc32)nc1C. The van der Waals surface area contributed by atoms with E-state index in [-0.39, 0.29) is 29.4 Å². The lowest BCUT2D eigenvalue weighted by Crippen LogP contribution is -2.30. The van der Waals surface area contributed by atoms with Crippen molar-refractivity contribution in [3.63, 3.8) is 0 Å². The predicted octanol–water partition coefficient (Wildman–Crippen LogP) is 5.36. The molecule has 0 radical (unpaired) electrons. The standard InChI is InChI=1S/C24H19N3O3S2/c1-3-30-24(29)17-12-16(13-25)23(26-15(17)2)31-14-22(28)27-18-8-4-6-10-20(18)32-21-11-7-5-9-19(21)27/h4-12H,3,14H2,1-2H3. The smallest absolute Gasteiger partial charge is 0.340 e. The van der Waals surface area contributed by atoms with Crippen LogP contribution in [0.15, 0.2) is 69.4 Å². The molecule has 2 heterocycles. The molecule has 0 fully saturated rings. The molecule has 0 bridgehead atoms. The number of hydrogen-bond acceptors (Lipinski definition) is 7. The topological polar surface area (TPSA) is 83.3 Å². The van der Waals surface area contributed by atoms with Gasteiger partial charge in [-0.1, -0.05) is 47.8 Å². The number of carbonyl (C=O) groups is 2. The van der Waals surface area contributed by atoms with E-state index in [1.165, 1.54) is 17.8 Å². The zero-order valence-corrected chi connectivity index (χ0v) is 19.1.